The smallest absolute Gasteiger partial charge is 0.0860 e. The highest BCUT2D eigenvalue weighted by Crippen LogP contribution is 2.10. The Hall–Kier alpha value is 0.137. The molecule has 0 radical (unpaired) electrons. The first-order valence-electron chi connectivity index (χ1n) is 4.04. The molecule has 2 nitrogen and oxygen atoms in total. The highest BCUT2D eigenvalue weighted by atomic mass is 28.2. The van der Waals surface area contributed by atoms with E-state index in [2.05, 4.69) is 0 Å². The minimum atomic E-state index is -0.0789. The third-order valence-corrected chi connectivity index (χ3v) is 3.85. The van der Waals surface area contributed by atoms with Crippen LogP contribution in [0.25, 0.3) is 0 Å². The molecule has 0 amide bonds. The van der Waals surface area contributed by atoms with E-state index in [9.17, 15) is 0 Å². The topological polar surface area (TPSA) is 18.5 Å². The van der Waals surface area contributed by atoms with Gasteiger partial charge >= 0.3 is 0 Å². The SMILES string of the molecule is COC[SiH2]C1CCCCO1. The fraction of sp³-hybridized carbons (Fsp3) is 1.00. The molecule has 1 fully saturated rings. The molecule has 60 valence electrons. The van der Waals surface area contributed by atoms with Crippen LogP contribution in [0.5, 0.6) is 0 Å². The molecule has 1 atom stereocenters. The van der Waals surface area contributed by atoms with E-state index in [1.54, 1.807) is 7.11 Å². The molecule has 0 spiro atoms. The molecule has 0 saturated carbocycles. The van der Waals surface area contributed by atoms with Crippen LogP contribution in [0.15, 0.2) is 0 Å². The molecular weight excluding hydrogens is 144 g/mol. The van der Waals surface area contributed by atoms with Crippen molar-refractivity contribution in [2.24, 2.45) is 0 Å². The average Bonchev–Trinajstić information content (AvgIpc) is 2.03. The maximum atomic E-state index is 5.56. The van der Waals surface area contributed by atoms with E-state index in [4.69, 9.17) is 9.47 Å². The molecule has 1 aliphatic heterocycles. The summed E-state index contributed by atoms with van der Waals surface area (Å²) in [6.07, 6.45) is 4.89. The molecule has 0 aromatic rings. The Bertz CT molecular complexity index is 81.7. The highest BCUT2D eigenvalue weighted by Gasteiger charge is 2.12. The van der Waals surface area contributed by atoms with Crippen LogP contribution in [-0.2, 0) is 9.47 Å². The summed E-state index contributed by atoms with van der Waals surface area (Å²) in [4.78, 5) is 0. The van der Waals surface area contributed by atoms with Gasteiger partial charge in [0.05, 0.1) is 9.52 Å². The summed E-state index contributed by atoms with van der Waals surface area (Å²) in [6, 6.07) is 0. The second-order valence-electron chi connectivity index (χ2n) is 2.77. The van der Waals surface area contributed by atoms with Crippen LogP contribution in [0.3, 0.4) is 0 Å². The van der Waals surface area contributed by atoms with Crippen molar-refractivity contribution in [1.29, 1.82) is 0 Å². The Balaban J connectivity index is 2.02. The summed E-state index contributed by atoms with van der Waals surface area (Å²) in [5.74, 6) is 0. The highest BCUT2D eigenvalue weighted by molar-refractivity contribution is 6.37. The van der Waals surface area contributed by atoms with Gasteiger partial charge < -0.3 is 9.47 Å². The molecule has 1 rings (SSSR count). The van der Waals surface area contributed by atoms with E-state index in [1.165, 1.54) is 19.3 Å². The zero-order valence-electron chi connectivity index (χ0n) is 6.64. The normalized spacial score (nSPS) is 27.9. The Morgan fingerprint density at radius 3 is 3.10 bits per heavy atom. The van der Waals surface area contributed by atoms with Crippen molar-refractivity contribution in [3.8, 4) is 0 Å². The molecular formula is C7H16O2Si. The Labute approximate surface area is 64.7 Å². The van der Waals surface area contributed by atoms with Crippen LogP contribution in [-0.4, -0.2) is 35.2 Å². The summed E-state index contributed by atoms with van der Waals surface area (Å²) in [5.41, 5.74) is 0.619. The molecule has 1 aliphatic rings. The van der Waals surface area contributed by atoms with Crippen molar-refractivity contribution in [3.05, 3.63) is 0 Å². The molecule has 10 heavy (non-hydrogen) atoms. The number of rotatable bonds is 3. The molecule has 0 aromatic carbocycles. The van der Waals surface area contributed by atoms with Gasteiger partial charge in [-0.15, -0.1) is 0 Å². The molecule has 1 saturated heterocycles. The van der Waals surface area contributed by atoms with Gasteiger partial charge in [0.1, 0.15) is 0 Å². The minimum Gasteiger partial charge on any atom is -0.389 e. The minimum absolute atomic E-state index is 0.0789. The summed E-state index contributed by atoms with van der Waals surface area (Å²) < 4.78 is 10.6. The number of hydrogen-bond acceptors (Lipinski definition) is 2. The molecule has 0 bridgehead atoms. The van der Waals surface area contributed by atoms with Gasteiger partial charge in [-0.25, -0.2) is 0 Å². The van der Waals surface area contributed by atoms with Gasteiger partial charge in [-0.05, 0) is 19.3 Å². The van der Waals surface area contributed by atoms with E-state index in [0.717, 1.165) is 12.8 Å². The molecule has 1 heterocycles. The summed E-state index contributed by atoms with van der Waals surface area (Å²) in [5, 5.41) is 0. The van der Waals surface area contributed by atoms with E-state index in [-0.39, 0.29) is 9.52 Å². The average molecular weight is 160 g/mol. The Morgan fingerprint density at radius 2 is 2.50 bits per heavy atom. The van der Waals surface area contributed by atoms with Crippen molar-refractivity contribution in [1.82, 2.24) is 0 Å². The lowest BCUT2D eigenvalue weighted by atomic mass is 10.2. The zero-order valence-corrected chi connectivity index (χ0v) is 8.05. The largest absolute Gasteiger partial charge is 0.389 e. The Kier molecular flexibility index (Phi) is 4.02. The number of hydrogen-bond donors (Lipinski definition) is 0. The van der Waals surface area contributed by atoms with E-state index in [1.807, 2.05) is 0 Å². The lowest BCUT2D eigenvalue weighted by Crippen LogP contribution is -2.28. The fourth-order valence-electron chi connectivity index (χ4n) is 1.28. The van der Waals surface area contributed by atoms with Crippen LogP contribution in [0.2, 0.25) is 0 Å². The quantitative estimate of drug-likeness (QED) is 0.552. The Morgan fingerprint density at radius 1 is 1.60 bits per heavy atom. The van der Waals surface area contributed by atoms with Crippen molar-refractivity contribution < 1.29 is 9.47 Å². The van der Waals surface area contributed by atoms with Gasteiger partial charge in [0, 0.05) is 25.7 Å². The second kappa shape index (κ2) is 4.88. The molecule has 3 heteroatoms. The first-order valence-corrected chi connectivity index (χ1v) is 5.85. The molecule has 0 aromatic heterocycles. The molecule has 1 unspecified atom stereocenters. The summed E-state index contributed by atoms with van der Waals surface area (Å²) >= 11 is 0. The zero-order chi connectivity index (χ0) is 7.23. The van der Waals surface area contributed by atoms with Gasteiger partial charge in [0.25, 0.3) is 0 Å². The van der Waals surface area contributed by atoms with Crippen LogP contribution in [0.1, 0.15) is 19.3 Å². The maximum absolute atomic E-state index is 5.56. The maximum Gasteiger partial charge on any atom is 0.0860 e. The summed E-state index contributed by atoms with van der Waals surface area (Å²) in [7, 11) is 1.69. The van der Waals surface area contributed by atoms with E-state index < -0.39 is 0 Å². The molecule has 0 N–H and O–H groups in total. The van der Waals surface area contributed by atoms with Crippen molar-refractivity contribution in [2.45, 2.75) is 25.0 Å². The molecule has 0 aliphatic carbocycles. The van der Waals surface area contributed by atoms with Crippen molar-refractivity contribution in [3.63, 3.8) is 0 Å². The lowest BCUT2D eigenvalue weighted by Gasteiger charge is -2.21. The third kappa shape index (κ3) is 2.81. The first kappa shape index (κ1) is 8.24. The van der Waals surface area contributed by atoms with Crippen LogP contribution in [0.4, 0.5) is 0 Å². The van der Waals surface area contributed by atoms with Gasteiger partial charge in [-0.1, -0.05) is 0 Å². The lowest BCUT2D eigenvalue weighted by molar-refractivity contribution is 0.0625. The van der Waals surface area contributed by atoms with Gasteiger partial charge in [0.2, 0.25) is 0 Å². The standard InChI is InChI=1S/C7H16O2Si/c1-8-6-10-7-4-2-3-5-9-7/h7H,2-6,10H2,1H3. The van der Waals surface area contributed by atoms with Crippen molar-refractivity contribution in [2.75, 3.05) is 19.9 Å². The summed E-state index contributed by atoms with van der Waals surface area (Å²) in [6.45, 7) is 0.987. The third-order valence-electron chi connectivity index (χ3n) is 1.92. The number of ether oxygens (including phenoxy) is 2. The van der Waals surface area contributed by atoms with Crippen LogP contribution < -0.4 is 0 Å². The van der Waals surface area contributed by atoms with Crippen LogP contribution in [0, 0.1) is 0 Å². The monoisotopic (exact) mass is 160 g/mol. The van der Waals surface area contributed by atoms with Crippen molar-refractivity contribution >= 4 is 9.52 Å². The van der Waals surface area contributed by atoms with Gasteiger partial charge in [-0.3, -0.25) is 0 Å². The number of methoxy groups -OCH3 is 1. The predicted molar refractivity (Wildman–Crippen MR) is 44.0 cm³/mol. The van der Waals surface area contributed by atoms with Crippen LogP contribution >= 0.6 is 0 Å². The van der Waals surface area contributed by atoms with Gasteiger partial charge in [-0.2, -0.15) is 0 Å². The van der Waals surface area contributed by atoms with E-state index in [0.29, 0.717) is 5.73 Å². The first-order chi connectivity index (χ1) is 4.93. The van der Waals surface area contributed by atoms with E-state index >= 15 is 0 Å². The fourth-order valence-corrected chi connectivity index (χ4v) is 2.69. The predicted octanol–water partition coefficient (Wildman–Crippen LogP) is 0.286. The van der Waals surface area contributed by atoms with Gasteiger partial charge in [0.15, 0.2) is 0 Å². The second-order valence-corrected chi connectivity index (χ2v) is 4.67.